The molecule has 160 valence electrons. The summed E-state index contributed by atoms with van der Waals surface area (Å²) in [6.07, 6.45) is 1.73. The van der Waals surface area contributed by atoms with Crippen molar-refractivity contribution in [3.05, 3.63) is 112 Å². The zero-order valence-electron chi connectivity index (χ0n) is 17.2. The third kappa shape index (κ3) is 5.80. The quantitative estimate of drug-likeness (QED) is 0.406. The Kier molecular flexibility index (Phi) is 6.89. The van der Waals surface area contributed by atoms with Gasteiger partial charge in [0.2, 0.25) is 0 Å². The number of aromatic nitrogens is 1. The van der Waals surface area contributed by atoms with Crippen LogP contribution in [0.2, 0.25) is 0 Å². The zero-order chi connectivity index (χ0) is 22.2. The molecule has 0 aliphatic carbocycles. The minimum absolute atomic E-state index is 0.164. The van der Waals surface area contributed by atoms with Crippen molar-refractivity contribution >= 4 is 28.8 Å². The van der Waals surface area contributed by atoms with E-state index in [0.29, 0.717) is 35.0 Å². The van der Waals surface area contributed by atoms with E-state index in [1.54, 1.807) is 36.5 Å². The van der Waals surface area contributed by atoms with Crippen LogP contribution in [0, 0.1) is 0 Å². The minimum Gasteiger partial charge on any atom is -0.487 e. The molecule has 0 saturated heterocycles. The molecule has 0 atom stereocenters. The zero-order valence-corrected chi connectivity index (χ0v) is 18.0. The van der Waals surface area contributed by atoms with Crippen molar-refractivity contribution in [2.75, 3.05) is 5.32 Å². The average Bonchev–Trinajstić information content (AvgIpc) is 3.38. The molecule has 0 radical (unpaired) electrons. The van der Waals surface area contributed by atoms with Crippen LogP contribution in [-0.2, 0) is 13.2 Å². The lowest BCUT2D eigenvalue weighted by atomic mass is 10.1. The highest BCUT2D eigenvalue weighted by Crippen LogP contribution is 2.16. The number of carbonyl (C=O) groups excluding carboxylic acids is 2. The van der Waals surface area contributed by atoms with Gasteiger partial charge in [-0.05, 0) is 65.5 Å². The van der Waals surface area contributed by atoms with E-state index in [1.807, 2.05) is 53.9 Å². The summed E-state index contributed by atoms with van der Waals surface area (Å²) in [4.78, 5) is 29.5. The molecular weight excluding hydrogens is 422 g/mol. The van der Waals surface area contributed by atoms with Gasteiger partial charge in [-0.15, -0.1) is 11.3 Å². The van der Waals surface area contributed by atoms with E-state index in [9.17, 15) is 9.59 Å². The van der Waals surface area contributed by atoms with Gasteiger partial charge in [0.05, 0.1) is 10.6 Å². The largest absolute Gasteiger partial charge is 0.487 e. The van der Waals surface area contributed by atoms with E-state index in [1.165, 1.54) is 11.3 Å². The fraction of sp³-hybridized carbons (Fsp3) is 0.0800. The van der Waals surface area contributed by atoms with Gasteiger partial charge in [-0.1, -0.05) is 24.3 Å². The number of ether oxygens (including phenoxy) is 1. The first-order valence-electron chi connectivity index (χ1n) is 10.0. The van der Waals surface area contributed by atoms with Gasteiger partial charge >= 0.3 is 0 Å². The van der Waals surface area contributed by atoms with Crippen LogP contribution >= 0.6 is 11.3 Å². The standard InChI is InChI=1S/C25H21N3O3S/c29-24(19-9-11-20(12-10-19)28-25(30)23-8-4-14-32-23)27-16-18-5-3-7-22(15-18)31-17-21-6-1-2-13-26-21/h1-15H,16-17H2,(H,27,29)(H,28,30). The molecule has 0 fully saturated rings. The Morgan fingerprint density at radius 2 is 1.78 bits per heavy atom. The number of pyridine rings is 1. The molecule has 4 aromatic rings. The molecule has 4 rings (SSSR count). The molecule has 32 heavy (non-hydrogen) atoms. The first kappa shape index (κ1) is 21.3. The van der Waals surface area contributed by atoms with Crippen molar-refractivity contribution in [3.8, 4) is 5.75 Å². The topological polar surface area (TPSA) is 80.3 Å². The third-order valence-electron chi connectivity index (χ3n) is 4.61. The van der Waals surface area contributed by atoms with E-state index >= 15 is 0 Å². The highest BCUT2D eigenvalue weighted by molar-refractivity contribution is 7.12. The predicted octanol–water partition coefficient (Wildman–Crippen LogP) is 4.90. The van der Waals surface area contributed by atoms with E-state index < -0.39 is 0 Å². The monoisotopic (exact) mass is 443 g/mol. The van der Waals surface area contributed by atoms with E-state index in [4.69, 9.17) is 4.74 Å². The van der Waals surface area contributed by atoms with Crippen molar-refractivity contribution in [1.29, 1.82) is 0 Å². The third-order valence-corrected chi connectivity index (χ3v) is 5.48. The van der Waals surface area contributed by atoms with Crippen molar-refractivity contribution in [3.63, 3.8) is 0 Å². The van der Waals surface area contributed by atoms with Crippen LogP contribution in [-0.4, -0.2) is 16.8 Å². The highest BCUT2D eigenvalue weighted by atomic mass is 32.1. The summed E-state index contributed by atoms with van der Waals surface area (Å²) in [7, 11) is 0. The maximum atomic E-state index is 12.5. The molecule has 2 heterocycles. The van der Waals surface area contributed by atoms with Gasteiger partial charge in [0.1, 0.15) is 12.4 Å². The Morgan fingerprint density at radius 1 is 0.906 bits per heavy atom. The van der Waals surface area contributed by atoms with Gasteiger partial charge in [0.15, 0.2) is 0 Å². The van der Waals surface area contributed by atoms with Crippen LogP contribution in [0.3, 0.4) is 0 Å². The number of nitrogens with one attached hydrogen (secondary N) is 2. The average molecular weight is 444 g/mol. The Bertz CT molecular complexity index is 1180. The maximum Gasteiger partial charge on any atom is 0.265 e. The SMILES string of the molecule is O=C(NCc1cccc(OCc2ccccn2)c1)c1ccc(NC(=O)c2cccs2)cc1. The normalized spacial score (nSPS) is 10.4. The Labute approximate surface area is 189 Å². The lowest BCUT2D eigenvalue weighted by molar-refractivity contribution is 0.0950. The van der Waals surface area contributed by atoms with Crippen LogP contribution in [0.15, 0.2) is 90.4 Å². The first-order chi connectivity index (χ1) is 15.7. The first-order valence-corrected chi connectivity index (χ1v) is 10.9. The second-order valence-corrected chi connectivity index (χ2v) is 7.90. The lowest BCUT2D eigenvalue weighted by Crippen LogP contribution is -2.22. The number of anilines is 1. The fourth-order valence-corrected chi connectivity index (χ4v) is 3.59. The number of rotatable bonds is 8. The molecule has 2 aromatic heterocycles. The van der Waals surface area contributed by atoms with Gasteiger partial charge in [-0.2, -0.15) is 0 Å². The van der Waals surface area contributed by atoms with Crippen LogP contribution < -0.4 is 15.4 Å². The van der Waals surface area contributed by atoms with Crippen molar-refractivity contribution < 1.29 is 14.3 Å². The van der Waals surface area contributed by atoms with Crippen molar-refractivity contribution in [1.82, 2.24) is 10.3 Å². The lowest BCUT2D eigenvalue weighted by Gasteiger charge is -2.09. The summed E-state index contributed by atoms with van der Waals surface area (Å²) in [6.45, 7) is 0.752. The van der Waals surface area contributed by atoms with Gasteiger partial charge < -0.3 is 15.4 Å². The highest BCUT2D eigenvalue weighted by Gasteiger charge is 2.09. The molecule has 0 aliphatic heterocycles. The number of carbonyl (C=O) groups is 2. The summed E-state index contributed by atoms with van der Waals surface area (Å²) in [5.41, 5.74) is 2.93. The smallest absolute Gasteiger partial charge is 0.265 e. The molecule has 0 unspecified atom stereocenters. The molecule has 0 spiro atoms. The number of benzene rings is 2. The van der Waals surface area contributed by atoms with Crippen molar-refractivity contribution in [2.45, 2.75) is 13.2 Å². The van der Waals surface area contributed by atoms with E-state index in [0.717, 1.165) is 11.3 Å². The number of hydrogen-bond acceptors (Lipinski definition) is 5. The molecule has 2 amide bonds. The van der Waals surface area contributed by atoms with Crippen LogP contribution in [0.5, 0.6) is 5.75 Å². The number of nitrogens with zero attached hydrogens (tertiary/aromatic N) is 1. The Morgan fingerprint density at radius 3 is 2.53 bits per heavy atom. The number of hydrogen-bond donors (Lipinski definition) is 2. The van der Waals surface area contributed by atoms with Crippen LogP contribution in [0.25, 0.3) is 0 Å². The minimum atomic E-state index is -0.194. The van der Waals surface area contributed by atoms with Crippen LogP contribution in [0.1, 0.15) is 31.3 Å². The Balaban J connectivity index is 1.29. The molecule has 0 saturated carbocycles. The summed E-state index contributed by atoms with van der Waals surface area (Å²) in [6, 6.07) is 23.7. The molecule has 2 aromatic carbocycles. The van der Waals surface area contributed by atoms with Gasteiger partial charge in [0, 0.05) is 24.0 Å². The summed E-state index contributed by atoms with van der Waals surface area (Å²) in [5.74, 6) is 0.358. The van der Waals surface area contributed by atoms with E-state index in [2.05, 4.69) is 15.6 Å². The Hall–Kier alpha value is -3.97. The van der Waals surface area contributed by atoms with E-state index in [-0.39, 0.29) is 11.8 Å². The molecule has 0 bridgehead atoms. The summed E-state index contributed by atoms with van der Waals surface area (Å²) < 4.78 is 5.79. The molecule has 7 heteroatoms. The van der Waals surface area contributed by atoms with Crippen molar-refractivity contribution in [2.24, 2.45) is 0 Å². The van der Waals surface area contributed by atoms with Gasteiger partial charge in [0.25, 0.3) is 11.8 Å². The fourth-order valence-electron chi connectivity index (χ4n) is 2.98. The number of thiophene rings is 1. The summed E-state index contributed by atoms with van der Waals surface area (Å²) in [5, 5.41) is 7.58. The molecular formula is C25H21N3O3S. The second kappa shape index (κ2) is 10.4. The molecule has 6 nitrogen and oxygen atoms in total. The number of amides is 2. The summed E-state index contributed by atoms with van der Waals surface area (Å²) >= 11 is 1.38. The second-order valence-electron chi connectivity index (χ2n) is 6.95. The van der Waals surface area contributed by atoms with Gasteiger partial charge in [-0.3, -0.25) is 14.6 Å². The van der Waals surface area contributed by atoms with Crippen LogP contribution in [0.4, 0.5) is 5.69 Å². The predicted molar refractivity (Wildman–Crippen MR) is 125 cm³/mol. The van der Waals surface area contributed by atoms with Gasteiger partial charge in [-0.25, -0.2) is 0 Å². The molecule has 2 N–H and O–H groups in total. The maximum absolute atomic E-state index is 12.5. The molecule has 0 aliphatic rings.